The number of hydrogen-bond donors (Lipinski definition) is 0. The van der Waals surface area contributed by atoms with E-state index in [4.69, 9.17) is 21.1 Å². The third kappa shape index (κ3) is 4.55. The summed E-state index contributed by atoms with van der Waals surface area (Å²) in [6.45, 7) is -0.105. The fraction of sp³-hybridized carbons (Fsp3) is 0.133. The monoisotopic (exact) mass is 294 g/mol. The van der Waals surface area contributed by atoms with E-state index in [1.54, 1.807) is 36.4 Å². The maximum Gasteiger partial charge on any atom is 0.344 e. The third-order valence-corrected chi connectivity index (χ3v) is 2.74. The highest BCUT2D eigenvalue weighted by atomic mass is 35.5. The highest BCUT2D eigenvalue weighted by molar-refractivity contribution is 6.30. The molecule has 0 spiro atoms. The summed E-state index contributed by atoms with van der Waals surface area (Å²) in [5.74, 6) is -0.288. The fourth-order valence-corrected chi connectivity index (χ4v) is 1.59. The third-order valence-electron chi connectivity index (χ3n) is 2.48. The van der Waals surface area contributed by atoms with Crippen LogP contribution in [0.5, 0.6) is 5.75 Å². The van der Waals surface area contributed by atoms with Gasteiger partial charge < -0.3 is 9.47 Å². The molecule has 0 amide bonds. The molecule has 2 aromatic rings. The molecule has 0 radical (unpaired) electrons. The Kier molecular flexibility index (Phi) is 4.96. The predicted octanol–water partition coefficient (Wildman–Crippen LogP) is 3.60. The topological polar surface area (TPSA) is 35.5 Å². The van der Waals surface area contributed by atoms with Crippen molar-refractivity contribution in [1.82, 2.24) is 0 Å². The number of halogens is 2. The number of carbonyl (C=O) groups excluding carboxylic acids is 1. The lowest BCUT2D eigenvalue weighted by molar-refractivity contribution is -0.147. The standard InChI is InChI=1S/C15H12ClFO3/c16-12-3-7-14(8-4-12)19-10-15(18)20-9-11-1-5-13(17)6-2-11/h1-8H,9-10H2. The smallest absolute Gasteiger partial charge is 0.344 e. The first kappa shape index (κ1) is 14.3. The summed E-state index contributed by atoms with van der Waals surface area (Å²) in [6.07, 6.45) is 0. The molecular weight excluding hydrogens is 283 g/mol. The first-order valence-electron chi connectivity index (χ1n) is 5.92. The molecule has 2 rings (SSSR count). The molecular formula is C15H12ClFO3. The van der Waals surface area contributed by atoms with Crippen molar-refractivity contribution in [1.29, 1.82) is 0 Å². The lowest BCUT2D eigenvalue weighted by atomic mass is 10.2. The normalized spacial score (nSPS) is 10.1. The fourth-order valence-electron chi connectivity index (χ4n) is 1.46. The Morgan fingerprint density at radius 2 is 1.70 bits per heavy atom. The number of hydrogen-bond acceptors (Lipinski definition) is 3. The summed E-state index contributed by atoms with van der Waals surface area (Å²) < 4.78 is 22.9. The van der Waals surface area contributed by atoms with Crippen molar-refractivity contribution >= 4 is 17.6 Å². The minimum atomic E-state index is -0.496. The van der Waals surface area contributed by atoms with Crippen LogP contribution in [0.25, 0.3) is 0 Å². The Labute approximate surface area is 120 Å². The first-order valence-corrected chi connectivity index (χ1v) is 6.30. The van der Waals surface area contributed by atoms with Crippen molar-refractivity contribution in [2.45, 2.75) is 6.61 Å². The zero-order valence-electron chi connectivity index (χ0n) is 10.5. The molecule has 0 bridgehead atoms. The zero-order valence-corrected chi connectivity index (χ0v) is 11.3. The van der Waals surface area contributed by atoms with Crippen molar-refractivity contribution in [3.05, 3.63) is 64.9 Å². The maximum atomic E-state index is 12.7. The SMILES string of the molecule is O=C(COc1ccc(Cl)cc1)OCc1ccc(F)cc1. The number of carbonyl (C=O) groups is 1. The molecule has 2 aromatic carbocycles. The number of esters is 1. The van der Waals surface area contributed by atoms with Gasteiger partial charge in [-0.2, -0.15) is 0 Å². The van der Waals surface area contributed by atoms with Crippen LogP contribution in [-0.2, 0) is 16.1 Å². The maximum absolute atomic E-state index is 12.7. The molecule has 0 aliphatic heterocycles. The minimum absolute atomic E-state index is 0.0864. The summed E-state index contributed by atoms with van der Waals surface area (Å²) >= 11 is 5.73. The Balaban J connectivity index is 1.75. The van der Waals surface area contributed by atoms with E-state index in [0.717, 1.165) is 0 Å². The quantitative estimate of drug-likeness (QED) is 0.790. The van der Waals surface area contributed by atoms with Crippen molar-refractivity contribution in [3.8, 4) is 5.75 Å². The van der Waals surface area contributed by atoms with Crippen LogP contribution in [0, 0.1) is 5.82 Å². The van der Waals surface area contributed by atoms with Gasteiger partial charge in [0.25, 0.3) is 0 Å². The Bertz CT molecular complexity index is 515. The van der Waals surface area contributed by atoms with Gasteiger partial charge in [-0.05, 0) is 42.0 Å². The van der Waals surface area contributed by atoms with Gasteiger partial charge in [-0.15, -0.1) is 0 Å². The van der Waals surface area contributed by atoms with E-state index in [9.17, 15) is 9.18 Å². The van der Waals surface area contributed by atoms with E-state index in [0.29, 0.717) is 16.3 Å². The van der Waals surface area contributed by atoms with Crippen LogP contribution in [0.4, 0.5) is 4.39 Å². The summed E-state index contributed by atoms with van der Waals surface area (Å²) in [5, 5.41) is 0.594. The van der Waals surface area contributed by atoms with Crippen LogP contribution >= 0.6 is 11.6 Å². The number of rotatable bonds is 5. The van der Waals surface area contributed by atoms with E-state index in [1.165, 1.54) is 12.1 Å². The van der Waals surface area contributed by atoms with Gasteiger partial charge >= 0.3 is 5.97 Å². The summed E-state index contributed by atoms with van der Waals surface area (Å²) in [7, 11) is 0. The second kappa shape index (κ2) is 6.91. The van der Waals surface area contributed by atoms with Crippen LogP contribution < -0.4 is 4.74 Å². The molecule has 0 atom stereocenters. The largest absolute Gasteiger partial charge is 0.482 e. The van der Waals surface area contributed by atoms with Crippen LogP contribution in [0.2, 0.25) is 5.02 Å². The summed E-state index contributed by atoms with van der Waals surface area (Å²) in [5.41, 5.74) is 0.714. The van der Waals surface area contributed by atoms with Crippen molar-refractivity contribution in [2.75, 3.05) is 6.61 Å². The van der Waals surface area contributed by atoms with Gasteiger partial charge in [0.15, 0.2) is 6.61 Å². The van der Waals surface area contributed by atoms with Crippen LogP contribution in [0.15, 0.2) is 48.5 Å². The van der Waals surface area contributed by atoms with Gasteiger partial charge in [0.1, 0.15) is 18.2 Å². The minimum Gasteiger partial charge on any atom is -0.482 e. The molecule has 3 nitrogen and oxygen atoms in total. The van der Waals surface area contributed by atoms with Crippen molar-refractivity contribution < 1.29 is 18.7 Å². The van der Waals surface area contributed by atoms with Gasteiger partial charge in [0.05, 0.1) is 0 Å². The van der Waals surface area contributed by atoms with Crippen molar-refractivity contribution in [3.63, 3.8) is 0 Å². The molecule has 20 heavy (non-hydrogen) atoms. The Hall–Kier alpha value is -2.07. The number of ether oxygens (including phenoxy) is 2. The predicted molar refractivity (Wildman–Crippen MR) is 73.1 cm³/mol. The molecule has 5 heteroatoms. The molecule has 0 saturated carbocycles. The average Bonchev–Trinajstić information content (AvgIpc) is 2.46. The van der Waals surface area contributed by atoms with E-state index < -0.39 is 5.97 Å². The zero-order chi connectivity index (χ0) is 14.4. The van der Waals surface area contributed by atoms with Gasteiger partial charge in [-0.3, -0.25) is 0 Å². The van der Waals surface area contributed by atoms with Gasteiger partial charge in [-0.1, -0.05) is 23.7 Å². The molecule has 0 N–H and O–H groups in total. The molecule has 0 saturated heterocycles. The second-order valence-corrected chi connectivity index (χ2v) is 4.47. The Morgan fingerprint density at radius 3 is 2.35 bits per heavy atom. The average molecular weight is 295 g/mol. The first-order chi connectivity index (χ1) is 9.63. The van der Waals surface area contributed by atoms with E-state index in [2.05, 4.69) is 0 Å². The molecule has 0 aliphatic rings. The van der Waals surface area contributed by atoms with E-state index in [-0.39, 0.29) is 19.0 Å². The van der Waals surface area contributed by atoms with Crippen LogP contribution in [0.1, 0.15) is 5.56 Å². The van der Waals surface area contributed by atoms with Gasteiger partial charge in [0.2, 0.25) is 0 Å². The second-order valence-electron chi connectivity index (χ2n) is 4.03. The summed E-state index contributed by atoms with van der Waals surface area (Å²) in [6, 6.07) is 12.4. The Morgan fingerprint density at radius 1 is 1.05 bits per heavy atom. The molecule has 0 aromatic heterocycles. The van der Waals surface area contributed by atoms with Gasteiger partial charge in [0, 0.05) is 5.02 Å². The van der Waals surface area contributed by atoms with E-state index >= 15 is 0 Å². The molecule has 0 fully saturated rings. The molecule has 0 aliphatic carbocycles. The highest BCUT2D eigenvalue weighted by Gasteiger charge is 2.05. The lowest BCUT2D eigenvalue weighted by Crippen LogP contribution is -2.14. The molecule has 0 unspecified atom stereocenters. The molecule has 0 heterocycles. The summed E-state index contributed by atoms with van der Waals surface area (Å²) in [4.78, 5) is 11.5. The lowest BCUT2D eigenvalue weighted by Gasteiger charge is -2.07. The molecule has 104 valence electrons. The van der Waals surface area contributed by atoms with E-state index in [1.807, 2.05) is 0 Å². The highest BCUT2D eigenvalue weighted by Crippen LogP contribution is 2.15. The number of benzene rings is 2. The van der Waals surface area contributed by atoms with Crippen LogP contribution in [-0.4, -0.2) is 12.6 Å². The van der Waals surface area contributed by atoms with Gasteiger partial charge in [-0.25, -0.2) is 9.18 Å². The van der Waals surface area contributed by atoms with Crippen LogP contribution in [0.3, 0.4) is 0 Å². The van der Waals surface area contributed by atoms with Crippen molar-refractivity contribution in [2.24, 2.45) is 0 Å².